The fraction of sp³-hybridized carbons (Fsp3) is 0.909. The van der Waals surface area contributed by atoms with Gasteiger partial charge in [0, 0.05) is 31.7 Å². The van der Waals surface area contributed by atoms with Crippen LogP contribution >= 0.6 is 0 Å². The Hall–Kier alpha value is -1.57. The number of carbonyl (C=O) groups excluding carboxylic acids is 2. The van der Waals surface area contributed by atoms with Gasteiger partial charge in [-0.2, -0.15) is 0 Å². The van der Waals surface area contributed by atoms with Gasteiger partial charge in [-0.1, -0.05) is 0 Å². The number of nitrogens with zero attached hydrogens (tertiary/aromatic N) is 3. The van der Waals surface area contributed by atoms with Crippen molar-refractivity contribution in [3.8, 4) is 0 Å². The van der Waals surface area contributed by atoms with Crippen molar-refractivity contribution in [2.45, 2.75) is 64.0 Å². The number of carbonyl (C=O) groups is 2. The van der Waals surface area contributed by atoms with Gasteiger partial charge in [0.05, 0.1) is 6.61 Å². The number of piperidine rings is 1. The number of alkyl halides is 1. The van der Waals surface area contributed by atoms with E-state index in [1.165, 1.54) is 12.8 Å². The quantitative estimate of drug-likeness (QED) is 0.677. The van der Waals surface area contributed by atoms with Crippen LogP contribution in [0.1, 0.15) is 51.9 Å². The average Bonchev–Trinajstić information content (AvgIpc) is 3.39. The molecular weight excluding hydrogens is 389 g/mol. The predicted molar refractivity (Wildman–Crippen MR) is 110 cm³/mol. The van der Waals surface area contributed by atoms with E-state index in [2.05, 4.69) is 4.90 Å². The Balaban J connectivity index is 1.21. The first kappa shape index (κ1) is 21.7. The number of amides is 2. The zero-order valence-electron chi connectivity index (χ0n) is 18.2. The summed E-state index contributed by atoms with van der Waals surface area (Å²) >= 11 is 0. The summed E-state index contributed by atoms with van der Waals surface area (Å²) < 4.78 is 22.5. The third-order valence-electron chi connectivity index (χ3n) is 7.77. The normalized spacial score (nSPS) is 32.5. The zero-order chi connectivity index (χ0) is 21.1. The summed E-state index contributed by atoms with van der Waals surface area (Å²) in [5.41, 5.74) is 0.302. The minimum Gasteiger partial charge on any atom is -0.450 e. The molecule has 0 unspecified atom stereocenters. The van der Waals surface area contributed by atoms with Gasteiger partial charge in [0.1, 0.15) is 13.3 Å². The molecule has 1 spiro atoms. The fourth-order valence-corrected chi connectivity index (χ4v) is 6.22. The first-order valence-corrected chi connectivity index (χ1v) is 11.7. The van der Waals surface area contributed by atoms with Crippen LogP contribution in [0.2, 0.25) is 0 Å². The van der Waals surface area contributed by atoms with E-state index in [4.69, 9.17) is 9.47 Å². The first-order chi connectivity index (χ1) is 14.5. The van der Waals surface area contributed by atoms with Crippen LogP contribution in [0, 0.1) is 11.3 Å². The van der Waals surface area contributed by atoms with Crippen LogP contribution in [0.5, 0.6) is 0 Å². The summed E-state index contributed by atoms with van der Waals surface area (Å²) in [4.78, 5) is 30.6. The Morgan fingerprint density at radius 3 is 2.50 bits per heavy atom. The van der Waals surface area contributed by atoms with Gasteiger partial charge in [-0.05, 0) is 76.3 Å². The van der Waals surface area contributed by atoms with Gasteiger partial charge in [0.25, 0.3) is 0 Å². The van der Waals surface area contributed by atoms with Crippen LogP contribution in [-0.2, 0) is 9.47 Å². The van der Waals surface area contributed by atoms with Gasteiger partial charge in [0.2, 0.25) is 0 Å². The molecule has 7 nitrogen and oxygen atoms in total. The molecule has 3 aliphatic heterocycles. The monoisotopic (exact) mass is 425 g/mol. The van der Waals surface area contributed by atoms with E-state index in [0.717, 1.165) is 64.8 Å². The maximum atomic E-state index is 12.3. The fourth-order valence-electron chi connectivity index (χ4n) is 6.22. The molecule has 1 aliphatic carbocycles. The van der Waals surface area contributed by atoms with Gasteiger partial charge in [-0.25, -0.2) is 14.0 Å². The van der Waals surface area contributed by atoms with Crippen molar-refractivity contribution >= 4 is 12.2 Å². The average molecular weight is 426 g/mol. The van der Waals surface area contributed by atoms with Crippen LogP contribution in [-0.4, -0.2) is 91.6 Å². The Bertz CT molecular complexity index is 620. The second-order valence-corrected chi connectivity index (χ2v) is 9.51. The molecule has 8 heteroatoms. The molecule has 0 aromatic carbocycles. The Kier molecular flexibility index (Phi) is 6.70. The molecule has 4 aliphatic rings. The van der Waals surface area contributed by atoms with E-state index >= 15 is 0 Å². The molecule has 0 bridgehead atoms. The second kappa shape index (κ2) is 9.28. The largest absolute Gasteiger partial charge is 0.450 e. The van der Waals surface area contributed by atoms with Crippen molar-refractivity contribution in [2.24, 2.45) is 11.3 Å². The molecule has 30 heavy (non-hydrogen) atoms. The number of rotatable bonds is 5. The maximum absolute atomic E-state index is 12.3. The molecule has 2 amide bonds. The standard InChI is InChI=1S/C22H36FN3O4/c1-2-29-20(27)25-12-7-22(16-25)14-18(15-22)24-10-5-17(6-11-24)19-4-3-9-26(19)21(28)30-13-8-23/h17-19H,2-16H2,1H3/t18?,19-,22?/m0/s1. The van der Waals surface area contributed by atoms with Gasteiger partial charge < -0.3 is 24.2 Å². The van der Waals surface area contributed by atoms with Crippen molar-refractivity contribution in [3.05, 3.63) is 0 Å². The van der Waals surface area contributed by atoms with Gasteiger partial charge >= 0.3 is 12.2 Å². The van der Waals surface area contributed by atoms with Crippen molar-refractivity contribution in [1.29, 1.82) is 0 Å². The molecule has 4 rings (SSSR count). The van der Waals surface area contributed by atoms with Crippen LogP contribution in [0.4, 0.5) is 14.0 Å². The van der Waals surface area contributed by atoms with E-state index in [0.29, 0.717) is 24.0 Å². The minimum absolute atomic E-state index is 0.141. The third kappa shape index (κ3) is 4.39. The van der Waals surface area contributed by atoms with Crippen LogP contribution in [0.3, 0.4) is 0 Å². The van der Waals surface area contributed by atoms with Gasteiger partial charge in [0.15, 0.2) is 0 Å². The van der Waals surface area contributed by atoms with E-state index in [9.17, 15) is 14.0 Å². The van der Waals surface area contributed by atoms with E-state index in [-0.39, 0.29) is 24.8 Å². The van der Waals surface area contributed by atoms with Gasteiger partial charge in [-0.15, -0.1) is 0 Å². The van der Waals surface area contributed by atoms with E-state index < -0.39 is 6.67 Å². The number of likely N-dealkylation sites (tertiary alicyclic amines) is 3. The molecule has 4 fully saturated rings. The third-order valence-corrected chi connectivity index (χ3v) is 7.77. The molecule has 0 N–H and O–H groups in total. The highest BCUT2D eigenvalue weighted by Gasteiger charge is 2.51. The highest BCUT2D eigenvalue weighted by atomic mass is 19.1. The lowest BCUT2D eigenvalue weighted by molar-refractivity contribution is -0.0160. The predicted octanol–water partition coefficient (Wildman–Crippen LogP) is 3.28. The Labute approximate surface area is 178 Å². The number of hydrogen-bond donors (Lipinski definition) is 0. The van der Waals surface area contributed by atoms with Crippen LogP contribution in [0.25, 0.3) is 0 Å². The smallest absolute Gasteiger partial charge is 0.410 e. The van der Waals surface area contributed by atoms with Crippen molar-refractivity contribution < 1.29 is 23.5 Å². The van der Waals surface area contributed by atoms with Crippen LogP contribution < -0.4 is 0 Å². The number of halogens is 1. The number of ether oxygens (including phenoxy) is 2. The summed E-state index contributed by atoms with van der Waals surface area (Å²) in [5, 5.41) is 0. The maximum Gasteiger partial charge on any atom is 0.410 e. The summed E-state index contributed by atoms with van der Waals surface area (Å²) in [5.74, 6) is 0.515. The molecule has 3 heterocycles. The molecule has 1 atom stereocenters. The second-order valence-electron chi connectivity index (χ2n) is 9.51. The van der Waals surface area contributed by atoms with Gasteiger partial charge in [-0.3, -0.25) is 0 Å². The minimum atomic E-state index is -0.622. The molecular formula is C22H36FN3O4. The first-order valence-electron chi connectivity index (χ1n) is 11.7. The highest BCUT2D eigenvalue weighted by molar-refractivity contribution is 5.68. The summed E-state index contributed by atoms with van der Waals surface area (Å²) in [7, 11) is 0. The van der Waals surface area contributed by atoms with E-state index in [1.807, 2.05) is 16.7 Å². The van der Waals surface area contributed by atoms with E-state index in [1.54, 1.807) is 0 Å². The Morgan fingerprint density at radius 1 is 1.03 bits per heavy atom. The molecule has 1 saturated carbocycles. The molecule has 3 saturated heterocycles. The SMILES string of the molecule is CCOC(=O)N1CCC2(CC(N3CCC([C@@H]4CCCN4C(=O)OCCF)CC3)C2)C1. The zero-order valence-corrected chi connectivity index (χ0v) is 18.2. The molecule has 170 valence electrons. The lowest BCUT2D eigenvalue weighted by Gasteiger charge is -2.52. The highest BCUT2D eigenvalue weighted by Crippen LogP contribution is 2.51. The topological polar surface area (TPSA) is 62.3 Å². The van der Waals surface area contributed by atoms with Crippen molar-refractivity contribution in [1.82, 2.24) is 14.7 Å². The summed E-state index contributed by atoms with van der Waals surface area (Å²) in [6, 6.07) is 0.877. The van der Waals surface area contributed by atoms with Crippen LogP contribution in [0.15, 0.2) is 0 Å². The van der Waals surface area contributed by atoms with Crippen molar-refractivity contribution in [3.63, 3.8) is 0 Å². The van der Waals surface area contributed by atoms with Crippen molar-refractivity contribution in [2.75, 3.05) is 52.6 Å². The molecule has 0 aromatic heterocycles. The summed E-state index contributed by atoms with van der Waals surface area (Å²) in [6.45, 7) is 6.09. The molecule has 0 aromatic rings. The number of hydrogen-bond acceptors (Lipinski definition) is 5. The summed E-state index contributed by atoms with van der Waals surface area (Å²) in [6.07, 6.45) is 7.21. The lowest BCUT2D eigenvalue weighted by atomic mass is 9.64. The molecule has 0 radical (unpaired) electrons. The Morgan fingerprint density at radius 2 is 1.80 bits per heavy atom. The lowest BCUT2D eigenvalue weighted by Crippen LogP contribution is -2.55.